The number of benzene rings is 1. The first kappa shape index (κ1) is 17.5. The fourth-order valence-electron chi connectivity index (χ4n) is 2.61. The van der Waals surface area contributed by atoms with Crippen LogP contribution < -0.4 is 5.73 Å². The van der Waals surface area contributed by atoms with Crippen LogP contribution in [0.15, 0.2) is 34.0 Å². The molecule has 26 heavy (non-hydrogen) atoms. The van der Waals surface area contributed by atoms with E-state index in [2.05, 4.69) is 19.9 Å². The highest BCUT2D eigenvalue weighted by Gasteiger charge is 2.17. The maximum atomic E-state index is 9.07. The summed E-state index contributed by atoms with van der Waals surface area (Å²) >= 11 is 9.24. The van der Waals surface area contributed by atoms with Gasteiger partial charge in [-0.25, -0.2) is 19.9 Å². The molecule has 10 heteroatoms. The number of aryl methyl sites for hydroxylation is 1. The van der Waals surface area contributed by atoms with Crippen molar-refractivity contribution in [2.24, 2.45) is 0 Å². The lowest BCUT2D eigenvalue weighted by Crippen LogP contribution is -2.02. The van der Waals surface area contributed by atoms with Gasteiger partial charge in [-0.05, 0) is 36.7 Å². The number of thiazole rings is 1. The number of hydrogen-bond acceptors (Lipinski definition) is 8. The molecular weight excluding hydrogens is 392 g/mol. The largest absolute Gasteiger partial charge is 0.396 e. The topological polar surface area (TPSA) is 103 Å². The van der Waals surface area contributed by atoms with Gasteiger partial charge < -0.3 is 15.4 Å². The van der Waals surface area contributed by atoms with E-state index in [0.29, 0.717) is 35.0 Å². The van der Waals surface area contributed by atoms with Crippen LogP contribution in [-0.2, 0) is 6.54 Å². The van der Waals surface area contributed by atoms with Gasteiger partial charge in [-0.15, -0.1) is 11.3 Å². The minimum Gasteiger partial charge on any atom is -0.396 e. The lowest BCUT2D eigenvalue weighted by molar-refractivity contribution is 0.281. The van der Waals surface area contributed by atoms with E-state index in [-0.39, 0.29) is 6.61 Å². The lowest BCUT2D eigenvalue weighted by atomic mass is 10.3. The van der Waals surface area contributed by atoms with Crippen LogP contribution in [0.5, 0.6) is 0 Å². The highest BCUT2D eigenvalue weighted by Crippen LogP contribution is 2.38. The second kappa shape index (κ2) is 7.36. The Hall–Kier alpha value is -1.94. The number of aliphatic hydroxyl groups is 1. The molecule has 0 aliphatic heterocycles. The molecule has 3 aromatic heterocycles. The highest BCUT2D eigenvalue weighted by atomic mass is 35.5. The van der Waals surface area contributed by atoms with Gasteiger partial charge in [0, 0.05) is 13.2 Å². The van der Waals surface area contributed by atoms with Crippen LogP contribution in [0.2, 0.25) is 5.02 Å². The summed E-state index contributed by atoms with van der Waals surface area (Å²) in [6.07, 6.45) is 2.96. The molecule has 0 unspecified atom stereocenters. The van der Waals surface area contributed by atoms with E-state index in [1.54, 1.807) is 0 Å². The van der Waals surface area contributed by atoms with Crippen molar-refractivity contribution in [1.82, 2.24) is 24.5 Å². The molecule has 7 nitrogen and oxygen atoms in total. The molecule has 3 heterocycles. The molecule has 0 saturated carbocycles. The van der Waals surface area contributed by atoms with Gasteiger partial charge in [-0.3, -0.25) is 0 Å². The van der Waals surface area contributed by atoms with Crippen LogP contribution in [0.4, 0.5) is 5.82 Å². The van der Waals surface area contributed by atoms with Crippen LogP contribution >= 0.6 is 34.7 Å². The van der Waals surface area contributed by atoms with Crippen molar-refractivity contribution in [3.63, 3.8) is 0 Å². The van der Waals surface area contributed by atoms with Crippen molar-refractivity contribution in [3.05, 3.63) is 29.5 Å². The summed E-state index contributed by atoms with van der Waals surface area (Å²) in [4.78, 5) is 17.6. The third kappa shape index (κ3) is 3.23. The number of unbranched alkanes of at least 4 members (excludes halogenated alkanes) is 1. The van der Waals surface area contributed by atoms with Gasteiger partial charge in [0.2, 0.25) is 0 Å². The number of aliphatic hydroxyl groups excluding tert-OH is 1. The number of fused-ring (bicyclic) bond motifs is 2. The highest BCUT2D eigenvalue weighted by molar-refractivity contribution is 8.01. The van der Waals surface area contributed by atoms with Crippen molar-refractivity contribution in [3.8, 4) is 0 Å². The summed E-state index contributed by atoms with van der Waals surface area (Å²) in [6, 6.07) is 5.69. The van der Waals surface area contributed by atoms with Crippen LogP contribution in [0, 0.1) is 0 Å². The first-order chi connectivity index (χ1) is 12.7. The fourth-order valence-corrected chi connectivity index (χ4v) is 4.96. The van der Waals surface area contributed by atoms with E-state index < -0.39 is 0 Å². The summed E-state index contributed by atoms with van der Waals surface area (Å²) in [5, 5.41) is 10.5. The summed E-state index contributed by atoms with van der Waals surface area (Å²) in [7, 11) is 0. The van der Waals surface area contributed by atoms with Crippen LogP contribution in [0.25, 0.3) is 21.4 Å². The second-order valence-corrected chi connectivity index (χ2v) is 8.20. The van der Waals surface area contributed by atoms with Crippen molar-refractivity contribution < 1.29 is 5.11 Å². The Morgan fingerprint density at radius 1 is 1.23 bits per heavy atom. The average Bonchev–Trinajstić information content (AvgIpc) is 3.19. The van der Waals surface area contributed by atoms with Crippen LogP contribution in [-0.4, -0.2) is 36.2 Å². The molecule has 3 N–H and O–H groups in total. The number of imidazole rings is 1. The molecule has 0 spiro atoms. The minimum atomic E-state index is 0.155. The van der Waals surface area contributed by atoms with Crippen LogP contribution in [0.1, 0.15) is 12.8 Å². The van der Waals surface area contributed by atoms with Crippen molar-refractivity contribution in [1.29, 1.82) is 0 Å². The number of nitrogens with zero attached hydrogens (tertiary/aromatic N) is 5. The van der Waals surface area contributed by atoms with E-state index in [9.17, 15) is 0 Å². The molecule has 0 aliphatic rings. The van der Waals surface area contributed by atoms with E-state index in [1.165, 1.54) is 29.4 Å². The molecule has 0 fully saturated rings. The SMILES string of the molecule is Nc1ncnc2c1nc(Sc1nc3cccc(Cl)c3s1)n2CCCCO. The average molecular weight is 407 g/mol. The Labute approximate surface area is 162 Å². The molecular formula is C16H15ClN6OS2. The fraction of sp³-hybridized carbons (Fsp3) is 0.250. The molecule has 0 atom stereocenters. The number of aromatic nitrogens is 5. The first-order valence-corrected chi connectivity index (χ1v) is 9.99. The zero-order valence-electron chi connectivity index (χ0n) is 13.6. The maximum Gasteiger partial charge on any atom is 0.177 e. The number of nitrogens with two attached hydrogens (primary N) is 1. The molecule has 0 radical (unpaired) electrons. The van der Waals surface area contributed by atoms with E-state index in [1.807, 2.05) is 22.8 Å². The third-order valence-corrected chi connectivity index (χ3v) is 6.43. The van der Waals surface area contributed by atoms with E-state index in [0.717, 1.165) is 26.1 Å². The smallest absolute Gasteiger partial charge is 0.177 e. The van der Waals surface area contributed by atoms with Crippen molar-refractivity contribution in [2.45, 2.75) is 28.9 Å². The Balaban J connectivity index is 1.75. The summed E-state index contributed by atoms with van der Waals surface area (Å²) in [6.45, 7) is 0.837. The van der Waals surface area contributed by atoms with Crippen LogP contribution in [0.3, 0.4) is 0 Å². The van der Waals surface area contributed by atoms with Gasteiger partial charge in [0.25, 0.3) is 0 Å². The Bertz CT molecular complexity index is 1080. The quantitative estimate of drug-likeness (QED) is 0.471. The number of rotatable bonds is 6. The number of halogens is 1. The van der Waals surface area contributed by atoms with Gasteiger partial charge in [0.15, 0.2) is 26.5 Å². The molecule has 0 amide bonds. The molecule has 0 saturated heterocycles. The van der Waals surface area contributed by atoms with Gasteiger partial charge >= 0.3 is 0 Å². The Morgan fingerprint density at radius 2 is 2.12 bits per heavy atom. The molecule has 134 valence electrons. The van der Waals surface area contributed by atoms with Gasteiger partial charge in [0.1, 0.15) is 6.33 Å². The van der Waals surface area contributed by atoms with E-state index >= 15 is 0 Å². The summed E-state index contributed by atoms with van der Waals surface area (Å²) in [5.74, 6) is 0.352. The predicted molar refractivity (Wildman–Crippen MR) is 105 cm³/mol. The second-order valence-electron chi connectivity index (χ2n) is 5.58. The van der Waals surface area contributed by atoms with Gasteiger partial charge in [-0.2, -0.15) is 0 Å². The van der Waals surface area contributed by atoms with Crippen molar-refractivity contribution in [2.75, 3.05) is 12.3 Å². The lowest BCUT2D eigenvalue weighted by Gasteiger charge is -2.06. The van der Waals surface area contributed by atoms with E-state index in [4.69, 9.17) is 22.4 Å². The van der Waals surface area contributed by atoms with Gasteiger partial charge in [-0.1, -0.05) is 17.7 Å². The molecule has 0 aliphatic carbocycles. The Kier molecular flexibility index (Phi) is 4.94. The normalized spacial score (nSPS) is 11.6. The zero-order valence-corrected chi connectivity index (χ0v) is 16.0. The predicted octanol–water partition coefficient (Wildman–Crippen LogP) is 3.60. The maximum absolute atomic E-state index is 9.07. The third-order valence-electron chi connectivity index (χ3n) is 3.84. The molecule has 0 bridgehead atoms. The number of hydrogen-bond donors (Lipinski definition) is 2. The minimum absolute atomic E-state index is 0.155. The standard InChI is InChI=1S/C16H15ClN6OS2/c17-9-4-3-5-10-12(9)25-16(21-10)26-15-22-11-13(18)19-8-20-14(11)23(15)6-1-2-7-24/h3-5,8,24H,1-2,6-7H2,(H2,18,19,20). The Morgan fingerprint density at radius 3 is 2.92 bits per heavy atom. The first-order valence-electron chi connectivity index (χ1n) is 7.98. The number of anilines is 1. The molecule has 4 rings (SSSR count). The monoisotopic (exact) mass is 406 g/mol. The van der Waals surface area contributed by atoms with Gasteiger partial charge in [0.05, 0.1) is 15.2 Å². The summed E-state index contributed by atoms with van der Waals surface area (Å²) in [5.41, 5.74) is 8.10. The molecule has 4 aromatic rings. The summed E-state index contributed by atoms with van der Waals surface area (Å²) < 4.78 is 3.80. The number of nitrogen functional groups attached to an aromatic ring is 1. The zero-order chi connectivity index (χ0) is 18.1. The molecule has 1 aromatic carbocycles. The van der Waals surface area contributed by atoms with Crippen molar-refractivity contribution >= 4 is 61.9 Å².